The number of nitrogens with zero attached hydrogens (tertiary/aromatic N) is 1. The number of carbonyl (C=O) groups excluding carboxylic acids is 2. The summed E-state index contributed by atoms with van der Waals surface area (Å²) in [5.41, 5.74) is 2.26. The van der Waals surface area contributed by atoms with Crippen LogP contribution in [0.4, 0.5) is 13.2 Å². The van der Waals surface area contributed by atoms with E-state index in [0.29, 0.717) is 17.7 Å². The summed E-state index contributed by atoms with van der Waals surface area (Å²) < 4.78 is 38.7. The number of halogens is 3. The van der Waals surface area contributed by atoms with Crippen molar-refractivity contribution < 1.29 is 22.8 Å². The molecule has 1 N–H and O–H groups in total. The van der Waals surface area contributed by atoms with E-state index in [4.69, 9.17) is 0 Å². The molecule has 0 bridgehead atoms. The standard InChI is InChI=1S/C25H25F3N2O2/c26-25(27,28)19-10-6-9-18(13-19)15-29-23(31)14-21-20-11-4-5-12-22(20)30(24(21)32)16-17-7-2-1-3-8-17/h1-3,6-10,13,22H,4-5,11-12,14-16H2,(H,29,31). The minimum Gasteiger partial charge on any atom is -0.352 e. The van der Waals surface area contributed by atoms with Crippen molar-refractivity contribution >= 4 is 11.8 Å². The third-order valence-electron chi connectivity index (χ3n) is 6.14. The minimum atomic E-state index is -4.43. The SMILES string of the molecule is O=C(CC1=C2CCCCC2N(Cc2ccccc2)C1=O)NCc1cccc(C(F)(F)F)c1. The zero-order chi connectivity index (χ0) is 22.7. The highest BCUT2D eigenvalue weighted by molar-refractivity contribution is 6.02. The zero-order valence-electron chi connectivity index (χ0n) is 17.6. The van der Waals surface area contributed by atoms with Crippen LogP contribution in [0.3, 0.4) is 0 Å². The molecule has 1 atom stereocenters. The van der Waals surface area contributed by atoms with Gasteiger partial charge in [-0.15, -0.1) is 0 Å². The second-order valence-electron chi connectivity index (χ2n) is 8.34. The lowest BCUT2D eigenvalue weighted by atomic mass is 9.88. The van der Waals surface area contributed by atoms with Gasteiger partial charge in [0.1, 0.15) is 0 Å². The molecule has 0 spiro atoms. The molecule has 1 aliphatic carbocycles. The Bertz CT molecular complexity index is 1030. The molecule has 0 aromatic heterocycles. The quantitative estimate of drug-likeness (QED) is 0.685. The number of nitrogens with one attached hydrogen (secondary N) is 1. The topological polar surface area (TPSA) is 49.4 Å². The summed E-state index contributed by atoms with van der Waals surface area (Å²) in [5, 5.41) is 2.67. The molecule has 1 saturated carbocycles. The van der Waals surface area contributed by atoms with E-state index in [9.17, 15) is 22.8 Å². The van der Waals surface area contributed by atoms with E-state index in [-0.39, 0.29) is 30.8 Å². The van der Waals surface area contributed by atoms with Crippen molar-refractivity contribution in [2.45, 2.75) is 57.4 Å². The van der Waals surface area contributed by atoms with Gasteiger partial charge in [0.25, 0.3) is 5.91 Å². The lowest BCUT2D eigenvalue weighted by molar-refractivity contribution is -0.137. The van der Waals surface area contributed by atoms with Crippen LogP contribution in [0.15, 0.2) is 65.7 Å². The van der Waals surface area contributed by atoms with Crippen LogP contribution in [0.25, 0.3) is 0 Å². The van der Waals surface area contributed by atoms with Crippen molar-refractivity contribution in [1.29, 1.82) is 0 Å². The predicted octanol–water partition coefficient (Wildman–Crippen LogP) is 4.99. The fourth-order valence-corrected chi connectivity index (χ4v) is 4.57. The fraction of sp³-hybridized carbons (Fsp3) is 0.360. The van der Waals surface area contributed by atoms with E-state index in [0.717, 1.165) is 49.0 Å². The van der Waals surface area contributed by atoms with Gasteiger partial charge in [-0.2, -0.15) is 13.2 Å². The third-order valence-corrected chi connectivity index (χ3v) is 6.14. The van der Waals surface area contributed by atoms with Gasteiger partial charge < -0.3 is 10.2 Å². The normalized spacial score (nSPS) is 18.7. The van der Waals surface area contributed by atoms with Gasteiger partial charge in [0.15, 0.2) is 0 Å². The van der Waals surface area contributed by atoms with Crippen LogP contribution in [0.5, 0.6) is 0 Å². The Labute approximate surface area is 185 Å². The van der Waals surface area contributed by atoms with Crippen LogP contribution in [0.1, 0.15) is 48.8 Å². The van der Waals surface area contributed by atoms with Crippen molar-refractivity contribution in [3.63, 3.8) is 0 Å². The molecule has 7 heteroatoms. The van der Waals surface area contributed by atoms with E-state index in [1.165, 1.54) is 12.1 Å². The zero-order valence-corrected chi connectivity index (χ0v) is 17.6. The molecular weight excluding hydrogens is 417 g/mol. The van der Waals surface area contributed by atoms with Crippen molar-refractivity contribution in [2.24, 2.45) is 0 Å². The first-order valence-electron chi connectivity index (χ1n) is 10.8. The Morgan fingerprint density at radius 2 is 1.78 bits per heavy atom. The summed E-state index contributed by atoms with van der Waals surface area (Å²) in [5.74, 6) is -0.464. The monoisotopic (exact) mass is 442 g/mol. The van der Waals surface area contributed by atoms with Crippen molar-refractivity contribution in [3.05, 3.63) is 82.4 Å². The Morgan fingerprint density at radius 1 is 1.03 bits per heavy atom. The molecule has 1 unspecified atom stereocenters. The predicted molar refractivity (Wildman–Crippen MR) is 114 cm³/mol. The summed E-state index contributed by atoms with van der Waals surface area (Å²) in [6, 6.07) is 14.7. The van der Waals surface area contributed by atoms with Gasteiger partial charge in [-0.3, -0.25) is 9.59 Å². The summed E-state index contributed by atoms with van der Waals surface area (Å²) in [4.78, 5) is 27.7. The van der Waals surface area contributed by atoms with Crippen LogP contribution in [-0.2, 0) is 28.9 Å². The highest BCUT2D eigenvalue weighted by Gasteiger charge is 2.40. The molecule has 0 saturated heterocycles. The lowest BCUT2D eigenvalue weighted by Crippen LogP contribution is -2.36. The molecular formula is C25H25F3N2O2. The van der Waals surface area contributed by atoms with Crippen LogP contribution in [-0.4, -0.2) is 22.8 Å². The fourth-order valence-electron chi connectivity index (χ4n) is 4.57. The number of amides is 2. The van der Waals surface area contributed by atoms with Gasteiger partial charge in [-0.1, -0.05) is 48.9 Å². The number of rotatable bonds is 6. The largest absolute Gasteiger partial charge is 0.416 e. The second-order valence-corrected chi connectivity index (χ2v) is 8.34. The summed E-state index contributed by atoms with van der Waals surface area (Å²) in [6.45, 7) is 0.486. The number of alkyl halides is 3. The Balaban J connectivity index is 1.43. The van der Waals surface area contributed by atoms with Crippen molar-refractivity contribution in [1.82, 2.24) is 10.2 Å². The van der Waals surface area contributed by atoms with Crippen molar-refractivity contribution in [2.75, 3.05) is 0 Å². The van der Waals surface area contributed by atoms with Gasteiger partial charge in [-0.25, -0.2) is 0 Å². The molecule has 2 aliphatic rings. The lowest BCUT2D eigenvalue weighted by Gasteiger charge is -2.30. The third kappa shape index (κ3) is 4.87. The molecule has 1 heterocycles. The maximum atomic E-state index is 13.2. The molecule has 32 heavy (non-hydrogen) atoms. The van der Waals surface area contributed by atoms with Crippen LogP contribution in [0.2, 0.25) is 0 Å². The molecule has 2 aromatic rings. The molecule has 4 rings (SSSR count). The Kier molecular flexibility index (Phi) is 6.35. The molecule has 1 fully saturated rings. The summed E-state index contributed by atoms with van der Waals surface area (Å²) >= 11 is 0. The van der Waals surface area contributed by atoms with E-state index < -0.39 is 11.7 Å². The van der Waals surface area contributed by atoms with E-state index in [1.54, 1.807) is 0 Å². The smallest absolute Gasteiger partial charge is 0.352 e. The van der Waals surface area contributed by atoms with Gasteiger partial charge in [-0.05, 0) is 48.1 Å². The molecule has 168 valence electrons. The molecule has 2 aromatic carbocycles. The number of hydrogen-bond donors (Lipinski definition) is 1. The minimum absolute atomic E-state index is 0.0171. The average molecular weight is 442 g/mol. The maximum absolute atomic E-state index is 13.2. The van der Waals surface area contributed by atoms with E-state index in [2.05, 4.69) is 5.32 Å². The second kappa shape index (κ2) is 9.18. The molecule has 0 radical (unpaired) electrons. The van der Waals surface area contributed by atoms with Gasteiger partial charge in [0.2, 0.25) is 5.91 Å². The first kappa shape index (κ1) is 22.1. The average Bonchev–Trinajstić information content (AvgIpc) is 3.04. The van der Waals surface area contributed by atoms with Crippen LogP contribution in [0, 0.1) is 0 Å². The van der Waals surface area contributed by atoms with Crippen LogP contribution < -0.4 is 5.32 Å². The first-order valence-corrected chi connectivity index (χ1v) is 10.8. The highest BCUT2D eigenvalue weighted by atomic mass is 19.4. The van der Waals surface area contributed by atoms with E-state index in [1.807, 2.05) is 35.2 Å². The molecule has 2 amide bonds. The number of carbonyl (C=O) groups is 2. The van der Waals surface area contributed by atoms with Gasteiger partial charge in [0.05, 0.1) is 18.0 Å². The maximum Gasteiger partial charge on any atom is 0.416 e. The van der Waals surface area contributed by atoms with Crippen LogP contribution >= 0.6 is 0 Å². The first-order chi connectivity index (χ1) is 15.3. The highest BCUT2D eigenvalue weighted by Crippen LogP contribution is 2.38. The Morgan fingerprint density at radius 3 is 2.53 bits per heavy atom. The van der Waals surface area contributed by atoms with E-state index >= 15 is 0 Å². The molecule has 1 aliphatic heterocycles. The summed E-state index contributed by atoms with van der Waals surface area (Å²) in [6.07, 6.45) is -0.744. The number of benzene rings is 2. The van der Waals surface area contributed by atoms with Gasteiger partial charge in [0, 0.05) is 18.7 Å². The molecule has 4 nitrogen and oxygen atoms in total. The summed E-state index contributed by atoms with van der Waals surface area (Å²) in [7, 11) is 0. The van der Waals surface area contributed by atoms with Gasteiger partial charge >= 0.3 is 6.18 Å². The van der Waals surface area contributed by atoms with Crippen molar-refractivity contribution in [3.8, 4) is 0 Å². The number of hydrogen-bond acceptors (Lipinski definition) is 2. The number of fused-ring (bicyclic) bond motifs is 1. The Hall–Kier alpha value is -3.09.